The number of nitrogens with two attached hydrogens (primary N) is 1. The average molecular weight is 270 g/mol. The lowest BCUT2D eigenvalue weighted by molar-refractivity contribution is 0.287. The Labute approximate surface area is 113 Å². The quantitative estimate of drug-likeness (QED) is 0.914. The Morgan fingerprint density at radius 2 is 1.67 bits per heavy atom. The monoisotopic (exact) mass is 269 g/mol. The van der Waals surface area contributed by atoms with Crippen LogP contribution < -0.4 is 15.2 Å². The van der Waals surface area contributed by atoms with Crippen molar-refractivity contribution in [2.45, 2.75) is 37.6 Å². The Kier molecular flexibility index (Phi) is 4.03. The number of ether oxygens (including phenoxy) is 2. The number of hydrogen-bond acceptors (Lipinski definition) is 3. The van der Waals surface area contributed by atoms with Gasteiger partial charge in [0.05, 0.1) is 19.2 Å². The first-order valence-electron chi connectivity index (χ1n) is 6.31. The molecule has 0 atom stereocenters. The van der Waals surface area contributed by atoms with Gasteiger partial charge in [-0.1, -0.05) is 30.9 Å². The summed E-state index contributed by atoms with van der Waals surface area (Å²) in [6, 6.07) is 3.71. The molecule has 3 nitrogen and oxygen atoms in total. The van der Waals surface area contributed by atoms with Crippen LogP contribution in [0.2, 0.25) is 5.02 Å². The molecule has 0 amide bonds. The van der Waals surface area contributed by atoms with E-state index < -0.39 is 0 Å². The van der Waals surface area contributed by atoms with Crippen molar-refractivity contribution in [3.63, 3.8) is 0 Å². The van der Waals surface area contributed by atoms with Crippen LogP contribution in [0.15, 0.2) is 12.1 Å². The van der Waals surface area contributed by atoms with E-state index in [-0.39, 0.29) is 5.54 Å². The maximum atomic E-state index is 6.55. The SMILES string of the molecule is COc1cc(C2(N)CCCCC2)c(OC)cc1Cl. The van der Waals surface area contributed by atoms with Crippen molar-refractivity contribution in [2.75, 3.05) is 14.2 Å². The zero-order valence-electron chi connectivity index (χ0n) is 11.0. The van der Waals surface area contributed by atoms with Crippen molar-refractivity contribution in [1.82, 2.24) is 0 Å². The first kappa shape index (κ1) is 13.5. The molecule has 4 heteroatoms. The van der Waals surface area contributed by atoms with Crippen LogP contribution >= 0.6 is 11.6 Å². The Morgan fingerprint density at radius 1 is 1.06 bits per heavy atom. The third kappa shape index (κ3) is 2.43. The van der Waals surface area contributed by atoms with E-state index >= 15 is 0 Å². The highest BCUT2D eigenvalue weighted by Crippen LogP contribution is 2.43. The summed E-state index contributed by atoms with van der Waals surface area (Å²) in [6.07, 6.45) is 5.53. The van der Waals surface area contributed by atoms with Gasteiger partial charge in [-0.25, -0.2) is 0 Å². The van der Waals surface area contributed by atoms with Crippen LogP contribution in [-0.2, 0) is 5.54 Å². The molecule has 0 saturated heterocycles. The van der Waals surface area contributed by atoms with Crippen molar-refractivity contribution >= 4 is 11.6 Å². The summed E-state index contributed by atoms with van der Waals surface area (Å²) in [5.41, 5.74) is 7.24. The van der Waals surface area contributed by atoms with Gasteiger partial charge in [0.15, 0.2) is 0 Å². The first-order valence-corrected chi connectivity index (χ1v) is 6.69. The summed E-state index contributed by atoms with van der Waals surface area (Å²) < 4.78 is 10.7. The van der Waals surface area contributed by atoms with Gasteiger partial charge in [-0.2, -0.15) is 0 Å². The average Bonchev–Trinajstić information content (AvgIpc) is 2.39. The molecule has 2 rings (SSSR count). The van der Waals surface area contributed by atoms with Crippen LogP contribution in [0.3, 0.4) is 0 Å². The largest absolute Gasteiger partial charge is 0.496 e. The number of methoxy groups -OCH3 is 2. The molecular formula is C14H20ClNO2. The predicted octanol–water partition coefficient (Wildman–Crippen LogP) is 3.48. The van der Waals surface area contributed by atoms with E-state index in [2.05, 4.69) is 0 Å². The number of hydrogen-bond donors (Lipinski definition) is 1. The van der Waals surface area contributed by atoms with E-state index in [1.807, 2.05) is 6.07 Å². The van der Waals surface area contributed by atoms with E-state index in [1.165, 1.54) is 6.42 Å². The first-order chi connectivity index (χ1) is 8.60. The molecule has 100 valence electrons. The zero-order chi connectivity index (χ0) is 13.2. The number of halogens is 1. The Balaban J connectivity index is 2.47. The van der Waals surface area contributed by atoms with Crippen LogP contribution in [0.25, 0.3) is 0 Å². The minimum absolute atomic E-state index is 0.318. The normalized spacial score (nSPS) is 18.4. The molecule has 0 aliphatic heterocycles. The predicted molar refractivity (Wildman–Crippen MR) is 73.5 cm³/mol. The van der Waals surface area contributed by atoms with Gasteiger partial charge in [0, 0.05) is 17.2 Å². The van der Waals surface area contributed by atoms with Gasteiger partial charge in [-0.3, -0.25) is 0 Å². The van der Waals surface area contributed by atoms with Crippen LogP contribution in [0.1, 0.15) is 37.7 Å². The third-order valence-electron chi connectivity index (χ3n) is 3.76. The molecule has 1 saturated carbocycles. The summed E-state index contributed by atoms with van der Waals surface area (Å²) in [4.78, 5) is 0. The van der Waals surface area contributed by atoms with Crippen molar-refractivity contribution in [3.05, 3.63) is 22.7 Å². The van der Waals surface area contributed by atoms with Gasteiger partial charge in [0.25, 0.3) is 0 Å². The second-order valence-corrected chi connectivity index (χ2v) is 5.31. The molecule has 1 fully saturated rings. The smallest absolute Gasteiger partial charge is 0.138 e. The lowest BCUT2D eigenvalue weighted by atomic mass is 9.77. The maximum absolute atomic E-state index is 6.55. The van der Waals surface area contributed by atoms with E-state index in [1.54, 1.807) is 20.3 Å². The van der Waals surface area contributed by atoms with Crippen LogP contribution in [0.5, 0.6) is 11.5 Å². The molecule has 2 N–H and O–H groups in total. The standard InChI is InChI=1S/C14H20ClNO2/c1-17-12-9-11(15)13(18-2)8-10(12)14(16)6-4-3-5-7-14/h8-9H,3-7,16H2,1-2H3. The Bertz CT molecular complexity index is 428. The molecule has 1 aliphatic carbocycles. The third-order valence-corrected chi connectivity index (χ3v) is 4.05. The molecule has 0 unspecified atom stereocenters. The number of rotatable bonds is 3. The molecule has 0 heterocycles. The molecule has 0 bridgehead atoms. The molecule has 0 spiro atoms. The van der Waals surface area contributed by atoms with Crippen LogP contribution in [0.4, 0.5) is 0 Å². The summed E-state index contributed by atoms with van der Waals surface area (Å²) in [6.45, 7) is 0. The van der Waals surface area contributed by atoms with Crippen molar-refractivity contribution < 1.29 is 9.47 Å². The topological polar surface area (TPSA) is 44.5 Å². The van der Waals surface area contributed by atoms with E-state index in [4.69, 9.17) is 26.8 Å². The minimum Gasteiger partial charge on any atom is -0.496 e. The molecule has 0 aromatic heterocycles. The molecule has 1 aliphatic rings. The van der Waals surface area contributed by atoms with Gasteiger partial charge < -0.3 is 15.2 Å². The summed E-state index contributed by atoms with van der Waals surface area (Å²) >= 11 is 6.12. The van der Waals surface area contributed by atoms with Crippen LogP contribution in [-0.4, -0.2) is 14.2 Å². The van der Waals surface area contributed by atoms with Gasteiger partial charge in [-0.15, -0.1) is 0 Å². The second kappa shape index (κ2) is 5.37. The van der Waals surface area contributed by atoms with Crippen LogP contribution in [0, 0.1) is 0 Å². The van der Waals surface area contributed by atoms with Gasteiger partial charge >= 0.3 is 0 Å². The van der Waals surface area contributed by atoms with Crippen molar-refractivity contribution in [3.8, 4) is 11.5 Å². The molecule has 1 aromatic carbocycles. The molecule has 1 aromatic rings. The van der Waals surface area contributed by atoms with E-state index in [9.17, 15) is 0 Å². The van der Waals surface area contributed by atoms with Gasteiger partial charge in [-0.05, 0) is 18.9 Å². The fourth-order valence-electron chi connectivity index (χ4n) is 2.70. The minimum atomic E-state index is -0.318. The molecule has 18 heavy (non-hydrogen) atoms. The maximum Gasteiger partial charge on any atom is 0.138 e. The highest BCUT2D eigenvalue weighted by Gasteiger charge is 2.33. The Morgan fingerprint density at radius 3 is 2.22 bits per heavy atom. The van der Waals surface area contributed by atoms with E-state index in [0.717, 1.165) is 37.0 Å². The molecule has 0 radical (unpaired) electrons. The zero-order valence-corrected chi connectivity index (χ0v) is 11.7. The fraction of sp³-hybridized carbons (Fsp3) is 0.571. The molecular weight excluding hydrogens is 250 g/mol. The van der Waals surface area contributed by atoms with Gasteiger partial charge in [0.1, 0.15) is 11.5 Å². The highest BCUT2D eigenvalue weighted by atomic mass is 35.5. The summed E-state index contributed by atoms with van der Waals surface area (Å²) in [7, 11) is 3.26. The van der Waals surface area contributed by atoms with Crippen molar-refractivity contribution in [1.29, 1.82) is 0 Å². The summed E-state index contributed by atoms with van der Waals surface area (Å²) in [5, 5.41) is 0.553. The van der Waals surface area contributed by atoms with E-state index in [0.29, 0.717) is 10.8 Å². The second-order valence-electron chi connectivity index (χ2n) is 4.90. The van der Waals surface area contributed by atoms with Gasteiger partial charge in [0.2, 0.25) is 0 Å². The number of benzene rings is 1. The fourth-order valence-corrected chi connectivity index (χ4v) is 2.93. The lowest BCUT2D eigenvalue weighted by Gasteiger charge is -2.35. The lowest BCUT2D eigenvalue weighted by Crippen LogP contribution is -2.38. The Hall–Kier alpha value is -0.930. The summed E-state index contributed by atoms with van der Waals surface area (Å²) in [5.74, 6) is 1.41. The van der Waals surface area contributed by atoms with Crippen molar-refractivity contribution in [2.24, 2.45) is 5.73 Å². The highest BCUT2D eigenvalue weighted by molar-refractivity contribution is 6.32.